The van der Waals surface area contributed by atoms with E-state index in [1.807, 2.05) is 0 Å². The van der Waals surface area contributed by atoms with Crippen LogP contribution in [0.25, 0.3) is 11.1 Å². The van der Waals surface area contributed by atoms with Gasteiger partial charge in [0.05, 0.1) is 10.4 Å². The zero-order valence-electron chi connectivity index (χ0n) is 10.6. The normalized spacial score (nSPS) is 11.9. The summed E-state index contributed by atoms with van der Waals surface area (Å²) in [5.41, 5.74) is 1.49. The van der Waals surface area contributed by atoms with Crippen molar-refractivity contribution in [2.24, 2.45) is 7.05 Å². The van der Waals surface area contributed by atoms with Crippen LogP contribution in [0.1, 0.15) is 6.92 Å². The van der Waals surface area contributed by atoms with Gasteiger partial charge in [0.15, 0.2) is 5.58 Å². The van der Waals surface area contributed by atoms with Crippen LogP contribution in [0.15, 0.2) is 44.5 Å². The number of aromatic nitrogens is 1. The molecule has 0 unspecified atom stereocenters. The van der Waals surface area contributed by atoms with Gasteiger partial charge in [0, 0.05) is 19.7 Å². The van der Waals surface area contributed by atoms with E-state index in [-0.39, 0.29) is 17.0 Å². The molecule has 0 amide bonds. The van der Waals surface area contributed by atoms with Gasteiger partial charge in [-0.1, -0.05) is 12.2 Å². The van der Waals surface area contributed by atoms with E-state index in [2.05, 4.69) is 11.3 Å². The average molecular weight is 282 g/mol. The van der Waals surface area contributed by atoms with Crippen LogP contribution in [0.4, 0.5) is 0 Å². The molecular formula is C12H14N2O4S. The summed E-state index contributed by atoms with van der Waals surface area (Å²) in [6.07, 6.45) is 0. The van der Waals surface area contributed by atoms with Gasteiger partial charge in [-0.15, -0.1) is 0 Å². The van der Waals surface area contributed by atoms with Crippen LogP contribution in [0.3, 0.4) is 0 Å². The quantitative estimate of drug-likeness (QED) is 0.848. The van der Waals surface area contributed by atoms with E-state index >= 15 is 0 Å². The lowest BCUT2D eigenvalue weighted by atomic mass is 10.3. The molecule has 0 aliphatic heterocycles. The Hall–Kier alpha value is -1.86. The summed E-state index contributed by atoms with van der Waals surface area (Å²) in [5.74, 6) is -0.528. The van der Waals surface area contributed by atoms with Crippen molar-refractivity contribution in [2.75, 3.05) is 6.54 Å². The second-order valence-corrected chi connectivity index (χ2v) is 6.11. The largest absolute Gasteiger partial charge is 0.419 e. The third-order valence-electron chi connectivity index (χ3n) is 2.64. The fourth-order valence-corrected chi connectivity index (χ4v) is 2.70. The lowest BCUT2D eigenvalue weighted by Crippen LogP contribution is -2.25. The van der Waals surface area contributed by atoms with Gasteiger partial charge in [-0.3, -0.25) is 4.57 Å². The molecule has 1 aromatic carbocycles. The standard InChI is InChI=1S/C12H14N2O4S/c1-8(2)7-13-19(16,17)9-4-5-10-11(6-9)18-12(15)14(10)3/h4-6,13H,1,7H2,2-3H3. The maximum atomic E-state index is 12.0. The van der Waals surface area contributed by atoms with Crippen LogP contribution in [0.5, 0.6) is 0 Å². The molecule has 0 aliphatic rings. The Morgan fingerprint density at radius 1 is 1.47 bits per heavy atom. The Kier molecular flexibility index (Phi) is 3.34. The smallest absolute Gasteiger partial charge is 0.408 e. The third kappa shape index (κ3) is 2.61. The minimum Gasteiger partial charge on any atom is -0.408 e. The van der Waals surface area contributed by atoms with Crippen molar-refractivity contribution in [1.82, 2.24) is 9.29 Å². The van der Waals surface area contributed by atoms with E-state index in [0.29, 0.717) is 11.1 Å². The SMILES string of the molecule is C=C(C)CNS(=O)(=O)c1ccc2c(c1)oc(=O)n2C. The Bertz CT molecular complexity index is 799. The number of nitrogens with one attached hydrogen (secondary N) is 1. The number of nitrogens with zero attached hydrogens (tertiary/aromatic N) is 1. The van der Waals surface area contributed by atoms with E-state index in [0.717, 1.165) is 0 Å². The Labute approximate surface area is 110 Å². The Morgan fingerprint density at radius 3 is 2.79 bits per heavy atom. The van der Waals surface area contributed by atoms with Gasteiger partial charge in [-0.05, 0) is 19.1 Å². The lowest BCUT2D eigenvalue weighted by molar-refractivity contribution is 0.527. The monoisotopic (exact) mass is 282 g/mol. The third-order valence-corrected chi connectivity index (χ3v) is 4.04. The topological polar surface area (TPSA) is 81.3 Å². The highest BCUT2D eigenvalue weighted by atomic mass is 32.2. The van der Waals surface area contributed by atoms with Gasteiger partial charge >= 0.3 is 5.76 Å². The fourth-order valence-electron chi connectivity index (χ4n) is 1.58. The van der Waals surface area contributed by atoms with Gasteiger partial charge in [-0.2, -0.15) is 0 Å². The molecule has 1 N–H and O–H groups in total. The van der Waals surface area contributed by atoms with E-state index in [4.69, 9.17) is 4.42 Å². The highest BCUT2D eigenvalue weighted by molar-refractivity contribution is 7.89. The van der Waals surface area contributed by atoms with Crippen molar-refractivity contribution in [3.8, 4) is 0 Å². The van der Waals surface area contributed by atoms with E-state index < -0.39 is 15.8 Å². The summed E-state index contributed by atoms with van der Waals surface area (Å²) in [7, 11) is -2.08. The molecule has 102 valence electrons. The number of aryl methyl sites for hydroxylation is 1. The second kappa shape index (κ2) is 4.67. The predicted molar refractivity (Wildman–Crippen MR) is 71.5 cm³/mol. The molecule has 2 rings (SSSR count). The zero-order valence-corrected chi connectivity index (χ0v) is 11.5. The summed E-state index contributed by atoms with van der Waals surface area (Å²) in [4.78, 5) is 11.4. The van der Waals surface area contributed by atoms with Crippen LogP contribution in [0, 0.1) is 0 Å². The van der Waals surface area contributed by atoms with Crippen molar-refractivity contribution in [3.05, 3.63) is 40.9 Å². The first kappa shape index (κ1) is 13.6. The van der Waals surface area contributed by atoms with Crippen molar-refractivity contribution in [2.45, 2.75) is 11.8 Å². The second-order valence-electron chi connectivity index (χ2n) is 4.34. The van der Waals surface area contributed by atoms with Crippen LogP contribution < -0.4 is 10.5 Å². The molecule has 2 aromatic rings. The zero-order chi connectivity index (χ0) is 14.2. The van der Waals surface area contributed by atoms with E-state index in [1.54, 1.807) is 14.0 Å². The van der Waals surface area contributed by atoms with Crippen molar-refractivity contribution >= 4 is 21.1 Å². The molecule has 7 heteroatoms. The minimum atomic E-state index is -3.63. The van der Waals surface area contributed by atoms with Gasteiger partial charge in [0.1, 0.15) is 0 Å². The van der Waals surface area contributed by atoms with Gasteiger partial charge in [-0.25, -0.2) is 17.9 Å². The highest BCUT2D eigenvalue weighted by Crippen LogP contribution is 2.17. The van der Waals surface area contributed by atoms with Crippen LogP contribution >= 0.6 is 0 Å². The van der Waals surface area contributed by atoms with Crippen LogP contribution in [0.2, 0.25) is 0 Å². The van der Waals surface area contributed by atoms with Crippen molar-refractivity contribution < 1.29 is 12.8 Å². The molecule has 0 spiro atoms. The van der Waals surface area contributed by atoms with Crippen molar-refractivity contribution in [1.29, 1.82) is 0 Å². The number of fused-ring (bicyclic) bond motifs is 1. The summed E-state index contributed by atoms with van der Waals surface area (Å²) in [6.45, 7) is 5.52. The molecule has 6 nitrogen and oxygen atoms in total. The number of sulfonamides is 1. The van der Waals surface area contributed by atoms with Crippen LogP contribution in [-0.2, 0) is 17.1 Å². The Balaban J connectivity index is 2.46. The number of rotatable bonds is 4. The lowest BCUT2D eigenvalue weighted by Gasteiger charge is -2.06. The first-order chi connectivity index (χ1) is 8.81. The maximum absolute atomic E-state index is 12.0. The minimum absolute atomic E-state index is 0.0515. The maximum Gasteiger partial charge on any atom is 0.419 e. The van der Waals surface area contributed by atoms with Gasteiger partial charge in [0.25, 0.3) is 0 Å². The van der Waals surface area contributed by atoms with Gasteiger partial charge in [0.2, 0.25) is 10.0 Å². The molecule has 19 heavy (non-hydrogen) atoms. The number of oxazole rings is 1. The molecule has 0 radical (unpaired) electrons. The molecule has 0 saturated heterocycles. The van der Waals surface area contributed by atoms with Gasteiger partial charge < -0.3 is 4.42 Å². The first-order valence-corrected chi connectivity index (χ1v) is 7.03. The van der Waals surface area contributed by atoms with Crippen molar-refractivity contribution in [3.63, 3.8) is 0 Å². The Morgan fingerprint density at radius 2 is 2.16 bits per heavy atom. The number of hydrogen-bond acceptors (Lipinski definition) is 4. The average Bonchev–Trinajstić information content (AvgIpc) is 2.62. The number of benzene rings is 1. The summed E-state index contributed by atoms with van der Waals surface area (Å²) in [6, 6.07) is 4.30. The molecule has 0 atom stereocenters. The first-order valence-electron chi connectivity index (χ1n) is 5.55. The molecule has 1 aromatic heterocycles. The summed E-state index contributed by atoms with van der Waals surface area (Å²) >= 11 is 0. The molecule has 1 heterocycles. The molecular weight excluding hydrogens is 268 g/mol. The summed E-state index contributed by atoms with van der Waals surface area (Å²) < 4.78 is 32.7. The predicted octanol–water partition coefficient (Wildman–Crippen LogP) is 0.986. The fraction of sp³-hybridized carbons (Fsp3) is 0.250. The molecule has 0 aliphatic carbocycles. The van der Waals surface area contributed by atoms with E-state index in [1.165, 1.54) is 22.8 Å². The highest BCUT2D eigenvalue weighted by Gasteiger charge is 2.16. The molecule has 0 fully saturated rings. The molecule has 0 bridgehead atoms. The summed E-state index contributed by atoms with van der Waals surface area (Å²) in [5, 5.41) is 0. The molecule has 0 saturated carbocycles. The number of hydrogen-bond donors (Lipinski definition) is 1. The van der Waals surface area contributed by atoms with Crippen LogP contribution in [-0.4, -0.2) is 19.5 Å². The van der Waals surface area contributed by atoms with E-state index in [9.17, 15) is 13.2 Å².